The van der Waals surface area contributed by atoms with Crippen LogP contribution in [-0.2, 0) is 18.9 Å². The van der Waals surface area contributed by atoms with Crippen LogP contribution in [0.1, 0.15) is 30.5 Å². The summed E-state index contributed by atoms with van der Waals surface area (Å²) in [4.78, 5) is 14.7. The average molecular weight is 484 g/mol. The SMILES string of the molecule is CCN(CC)c1nc(NCc2cccc(C(F)(F)F)c2)nc(Nc2ccc(C(F)(F)F)cc2)n1. The Kier molecular flexibility index (Phi) is 7.48. The van der Waals surface area contributed by atoms with Gasteiger partial charge in [-0.05, 0) is 55.8 Å². The van der Waals surface area contributed by atoms with E-state index in [1.807, 2.05) is 18.7 Å². The summed E-state index contributed by atoms with van der Waals surface area (Å²) >= 11 is 0. The van der Waals surface area contributed by atoms with Gasteiger partial charge < -0.3 is 15.5 Å². The molecule has 0 bridgehead atoms. The second kappa shape index (κ2) is 10.1. The zero-order valence-corrected chi connectivity index (χ0v) is 18.3. The molecule has 0 saturated heterocycles. The molecule has 0 fully saturated rings. The topological polar surface area (TPSA) is 66.0 Å². The second-order valence-electron chi connectivity index (χ2n) is 7.21. The van der Waals surface area contributed by atoms with E-state index >= 15 is 0 Å². The number of rotatable bonds is 8. The van der Waals surface area contributed by atoms with Crippen LogP contribution in [0.3, 0.4) is 0 Å². The fraction of sp³-hybridized carbons (Fsp3) is 0.318. The van der Waals surface area contributed by atoms with E-state index in [-0.39, 0.29) is 18.4 Å². The van der Waals surface area contributed by atoms with E-state index in [0.717, 1.165) is 24.3 Å². The zero-order chi connectivity index (χ0) is 24.9. The van der Waals surface area contributed by atoms with E-state index in [2.05, 4.69) is 25.6 Å². The van der Waals surface area contributed by atoms with Gasteiger partial charge in [-0.25, -0.2) is 0 Å². The summed E-state index contributed by atoms with van der Waals surface area (Å²) < 4.78 is 77.3. The molecule has 0 atom stereocenters. The summed E-state index contributed by atoms with van der Waals surface area (Å²) in [6.45, 7) is 4.96. The Morgan fingerprint density at radius 1 is 0.765 bits per heavy atom. The van der Waals surface area contributed by atoms with E-state index in [1.54, 1.807) is 0 Å². The maximum absolute atomic E-state index is 13.0. The first-order valence-corrected chi connectivity index (χ1v) is 10.3. The van der Waals surface area contributed by atoms with Crippen LogP contribution < -0.4 is 15.5 Å². The first kappa shape index (κ1) is 25.1. The molecule has 2 aromatic carbocycles. The summed E-state index contributed by atoms with van der Waals surface area (Å²) in [5.74, 6) is 0.480. The van der Waals surface area contributed by atoms with Crippen molar-refractivity contribution >= 4 is 23.5 Å². The largest absolute Gasteiger partial charge is 0.416 e. The Labute approximate surface area is 192 Å². The minimum Gasteiger partial charge on any atom is -0.350 e. The van der Waals surface area contributed by atoms with Crippen molar-refractivity contribution in [1.29, 1.82) is 0 Å². The van der Waals surface area contributed by atoms with Gasteiger partial charge in [0.1, 0.15) is 0 Å². The first-order chi connectivity index (χ1) is 16.0. The molecule has 0 aliphatic heterocycles. The van der Waals surface area contributed by atoms with Gasteiger partial charge in [0.2, 0.25) is 17.8 Å². The van der Waals surface area contributed by atoms with Crippen molar-refractivity contribution in [2.24, 2.45) is 0 Å². The molecule has 0 saturated carbocycles. The van der Waals surface area contributed by atoms with Crippen LogP contribution in [0.2, 0.25) is 0 Å². The lowest BCUT2D eigenvalue weighted by molar-refractivity contribution is -0.138. The van der Waals surface area contributed by atoms with Gasteiger partial charge in [-0.15, -0.1) is 0 Å². The minimum atomic E-state index is -4.46. The highest BCUT2D eigenvalue weighted by atomic mass is 19.4. The maximum atomic E-state index is 13.0. The van der Waals surface area contributed by atoms with E-state index in [0.29, 0.717) is 30.3 Å². The molecular formula is C22H22F6N6. The number of halogens is 6. The Morgan fingerprint density at radius 3 is 1.97 bits per heavy atom. The minimum absolute atomic E-state index is 0.0192. The molecule has 2 N–H and O–H groups in total. The van der Waals surface area contributed by atoms with Crippen molar-refractivity contribution in [2.75, 3.05) is 28.6 Å². The number of hydrogen-bond donors (Lipinski definition) is 2. The van der Waals surface area contributed by atoms with Crippen molar-refractivity contribution in [3.05, 3.63) is 65.2 Å². The van der Waals surface area contributed by atoms with Gasteiger partial charge in [0.05, 0.1) is 11.1 Å². The van der Waals surface area contributed by atoms with E-state index in [9.17, 15) is 26.3 Å². The lowest BCUT2D eigenvalue weighted by Crippen LogP contribution is -2.25. The summed E-state index contributed by atoms with van der Waals surface area (Å²) in [7, 11) is 0. The third kappa shape index (κ3) is 6.49. The van der Waals surface area contributed by atoms with Crippen molar-refractivity contribution in [1.82, 2.24) is 15.0 Å². The second-order valence-corrected chi connectivity index (χ2v) is 7.21. The van der Waals surface area contributed by atoms with Crippen molar-refractivity contribution in [3.63, 3.8) is 0 Å². The molecule has 1 aromatic heterocycles. The fourth-order valence-corrected chi connectivity index (χ4v) is 3.06. The lowest BCUT2D eigenvalue weighted by atomic mass is 10.1. The van der Waals surface area contributed by atoms with Gasteiger partial charge in [-0.1, -0.05) is 12.1 Å². The number of nitrogens with one attached hydrogen (secondary N) is 2. The number of nitrogens with zero attached hydrogens (tertiary/aromatic N) is 4. The normalized spacial score (nSPS) is 11.9. The standard InChI is InChI=1S/C22H22F6N6/c1-3-34(4-2)20-32-18(29-13-14-6-5-7-16(12-14)22(26,27)28)31-19(33-20)30-17-10-8-15(9-11-17)21(23,24)25/h5-12H,3-4,13H2,1-2H3,(H2,29,30,31,32,33). The molecule has 182 valence electrons. The Bertz CT molecular complexity index is 1090. The van der Waals surface area contributed by atoms with E-state index < -0.39 is 23.5 Å². The first-order valence-electron chi connectivity index (χ1n) is 10.3. The summed E-state index contributed by atoms with van der Waals surface area (Å²) in [6, 6.07) is 9.22. The predicted octanol–water partition coefficient (Wildman–Crippen LogP) is 6.11. The van der Waals surface area contributed by atoms with Crippen molar-refractivity contribution in [3.8, 4) is 0 Å². The number of benzene rings is 2. The van der Waals surface area contributed by atoms with Gasteiger partial charge >= 0.3 is 12.4 Å². The molecule has 0 aliphatic rings. The number of anilines is 4. The van der Waals surface area contributed by atoms with Crippen LogP contribution in [0.25, 0.3) is 0 Å². The molecule has 34 heavy (non-hydrogen) atoms. The van der Waals surface area contributed by atoms with E-state index in [4.69, 9.17) is 0 Å². The summed E-state index contributed by atoms with van der Waals surface area (Å²) in [5.41, 5.74) is -0.859. The van der Waals surface area contributed by atoms with E-state index in [1.165, 1.54) is 24.3 Å². The molecule has 0 radical (unpaired) electrons. The van der Waals surface area contributed by atoms with Gasteiger partial charge in [0, 0.05) is 25.3 Å². The summed E-state index contributed by atoms with van der Waals surface area (Å²) in [5, 5.41) is 5.74. The molecule has 1 heterocycles. The number of alkyl halides is 6. The monoisotopic (exact) mass is 484 g/mol. The molecule has 3 rings (SSSR count). The van der Waals surface area contributed by atoms with Crippen LogP contribution in [0.15, 0.2) is 48.5 Å². The van der Waals surface area contributed by atoms with Gasteiger partial charge in [0.15, 0.2) is 0 Å². The highest BCUT2D eigenvalue weighted by Gasteiger charge is 2.31. The molecule has 6 nitrogen and oxygen atoms in total. The smallest absolute Gasteiger partial charge is 0.350 e. The van der Waals surface area contributed by atoms with Gasteiger partial charge in [-0.3, -0.25) is 0 Å². The number of hydrogen-bond acceptors (Lipinski definition) is 6. The zero-order valence-electron chi connectivity index (χ0n) is 18.3. The van der Waals surface area contributed by atoms with Crippen LogP contribution >= 0.6 is 0 Å². The average Bonchev–Trinajstić information content (AvgIpc) is 2.78. The van der Waals surface area contributed by atoms with Crippen molar-refractivity contribution < 1.29 is 26.3 Å². The fourth-order valence-electron chi connectivity index (χ4n) is 3.06. The summed E-state index contributed by atoms with van der Waals surface area (Å²) in [6.07, 6.45) is -8.92. The molecule has 0 amide bonds. The van der Waals surface area contributed by atoms with Crippen LogP contribution in [0.4, 0.5) is 49.9 Å². The number of aromatic nitrogens is 3. The third-order valence-electron chi connectivity index (χ3n) is 4.84. The van der Waals surface area contributed by atoms with Crippen LogP contribution in [0.5, 0.6) is 0 Å². The quantitative estimate of drug-likeness (QED) is 0.376. The maximum Gasteiger partial charge on any atom is 0.416 e. The van der Waals surface area contributed by atoms with Crippen molar-refractivity contribution in [2.45, 2.75) is 32.7 Å². The Balaban J connectivity index is 1.84. The predicted molar refractivity (Wildman–Crippen MR) is 117 cm³/mol. The molecule has 12 heteroatoms. The van der Waals surface area contributed by atoms with Crippen LogP contribution in [-0.4, -0.2) is 28.0 Å². The Morgan fingerprint density at radius 2 is 1.38 bits per heavy atom. The molecule has 0 aliphatic carbocycles. The third-order valence-corrected chi connectivity index (χ3v) is 4.84. The molecule has 0 spiro atoms. The van der Waals surface area contributed by atoms with Crippen LogP contribution in [0, 0.1) is 0 Å². The highest BCUT2D eigenvalue weighted by Crippen LogP contribution is 2.31. The van der Waals surface area contributed by atoms with Gasteiger partial charge in [0.25, 0.3) is 0 Å². The molecular weight excluding hydrogens is 462 g/mol. The molecule has 0 unspecified atom stereocenters. The lowest BCUT2D eigenvalue weighted by Gasteiger charge is -2.20. The highest BCUT2D eigenvalue weighted by molar-refractivity contribution is 5.56. The Hall–Kier alpha value is -3.57. The molecule has 3 aromatic rings. The van der Waals surface area contributed by atoms with Gasteiger partial charge in [-0.2, -0.15) is 41.3 Å².